The number of aliphatic hydroxyl groups excluding tert-OH is 8. The van der Waals surface area contributed by atoms with Crippen LogP contribution in [0.5, 0.6) is 0 Å². The summed E-state index contributed by atoms with van der Waals surface area (Å²) in [5, 5.41) is 96.8. The Morgan fingerprint density at radius 2 is 1.49 bits per heavy atom. The molecule has 1 aromatic heterocycles. The Hall–Kier alpha value is -1.83. The molecule has 0 aromatic carbocycles. The van der Waals surface area contributed by atoms with Crippen LogP contribution < -0.4 is 5.63 Å². The molecule has 0 amide bonds. The van der Waals surface area contributed by atoms with E-state index in [9.17, 15) is 50.8 Å². The lowest BCUT2D eigenvalue weighted by Gasteiger charge is -2.63. The molecule has 3 saturated carbocycles. The average Bonchev–Trinajstić information content (AvgIpc) is 3.40. The van der Waals surface area contributed by atoms with Crippen molar-refractivity contribution in [2.75, 3.05) is 13.2 Å². The number of ether oxygens (including phenoxy) is 4. The Labute approximate surface area is 295 Å². The number of hydrogen-bond acceptors (Lipinski definition) is 15. The lowest BCUT2D eigenvalue weighted by Crippen LogP contribution is -2.65. The molecule has 15 nitrogen and oxygen atoms in total. The highest BCUT2D eigenvalue weighted by Gasteiger charge is 2.70. The van der Waals surface area contributed by atoms with E-state index in [-0.39, 0.29) is 23.2 Å². The highest BCUT2D eigenvalue weighted by molar-refractivity contribution is 5.32. The van der Waals surface area contributed by atoms with E-state index in [1.54, 1.807) is 6.07 Å². The van der Waals surface area contributed by atoms with Crippen molar-refractivity contribution in [3.05, 3.63) is 46.0 Å². The average molecular weight is 725 g/mol. The van der Waals surface area contributed by atoms with Gasteiger partial charge < -0.3 is 69.3 Å². The first-order valence-electron chi connectivity index (χ1n) is 18.1. The van der Waals surface area contributed by atoms with Crippen molar-refractivity contribution in [2.45, 2.75) is 144 Å². The summed E-state index contributed by atoms with van der Waals surface area (Å²) >= 11 is 0. The maximum atomic E-state index is 12.5. The summed E-state index contributed by atoms with van der Waals surface area (Å²) in [5.41, 5.74) is -0.789. The fraction of sp³-hybridized carbons (Fsp3) is 0.806. The van der Waals surface area contributed by atoms with Crippen molar-refractivity contribution in [2.24, 2.45) is 22.7 Å². The van der Waals surface area contributed by atoms with Crippen molar-refractivity contribution in [3.63, 3.8) is 0 Å². The predicted molar refractivity (Wildman–Crippen MR) is 174 cm³/mol. The van der Waals surface area contributed by atoms with Crippen LogP contribution in [0.4, 0.5) is 0 Å². The first kappa shape index (κ1) is 37.5. The summed E-state index contributed by atoms with van der Waals surface area (Å²) < 4.78 is 28.3. The van der Waals surface area contributed by atoms with E-state index < -0.39 is 103 Å². The van der Waals surface area contributed by atoms with Gasteiger partial charge >= 0.3 is 5.63 Å². The Morgan fingerprint density at radius 3 is 2.18 bits per heavy atom. The normalized spacial score (nSPS) is 51.3. The Balaban J connectivity index is 1.04. The Bertz CT molecular complexity index is 1480. The minimum Gasteiger partial charge on any atom is -0.431 e. The molecule has 6 aliphatic rings. The van der Waals surface area contributed by atoms with Gasteiger partial charge in [0.25, 0.3) is 0 Å². The second-order valence-corrected chi connectivity index (χ2v) is 16.0. The third-order valence-electron chi connectivity index (χ3n) is 13.7. The lowest BCUT2D eigenvalue weighted by molar-refractivity contribution is -0.361. The molecule has 0 bridgehead atoms. The fourth-order valence-corrected chi connectivity index (χ4v) is 10.7. The zero-order valence-electron chi connectivity index (χ0n) is 28.8. The summed E-state index contributed by atoms with van der Waals surface area (Å²) in [6, 6.07) is 3.12. The second kappa shape index (κ2) is 13.8. The van der Waals surface area contributed by atoms with E-state index in [2.05, 4.69) is 6.92 Å². The van der Waals surface area contributed by atoms with Crippen molar-refractivity contribution in [3.8, 4) is 0 Å². The van der Waals surface area contributed by atoms with Crippen molar-refractivity contribution in [1.29, 1.82) is 0 Å². The molecule has 1 aromatic rings. The van der Waals surface area contributed by atoms with E-state index in [1.807, 2.05) is 13.0 Å². The van der Waals surface area contributed by atoms with Crippen molar-refractivity contribution in [1.82, 2.24) is 0 Å². The standard InChI is InChI=1S/C36H52O15/c1-34-9-7-18(48-32-30(45)28(43)31(23(14-38)50-32)51-33-29(44)27(42)26(41)22(13-37)49-33)11-17(34)4-5-20-21(34)12-24(39)35(2)19(8-10-36(20,35)46)16-3-6-25(40)47-15-16/h3,6,11,15,18-24,26-33,37-39,41-46H,4-5,7-10,12-14H2,1-2H3/t18-,19+,20+,21-,22+,23+,24-,26+,27-,28-,29+,30+,31+,32-,33-,34-,35-,36-/m0/s1. The largest absolute Gasteiger partial charge is 0.431 e. The molecule has 7 rings (SSSR count). The van der Waals surface area contributed by atoms with E-state index in [0.717, 1.165) is 11.1 Å². The van der Waals surface area contributed by atoms with Crippen LogP contribution in [0.2, 0.25) is 0 Å². The number of fused-ring (bicyclic) bond motifs is 5. The smallest absolute Gasteiger partial charge is 0.335 e. The van der Waals surface area contributed by atoms with Gasteiger partial charge in [-0.1, -0.05) is 25.5 Å². The quantitative estimate of drug-likeness (QED) is 0.150. The van der Waals surface area contributed by atoms with E-state index >= 15 is 0 Å². The highest BCUT2D eigenvalue weighted by Crippen LogP contribution is 2.70. The van der Waals surface area contributed by atoms with Gasteiger partial charge in [-0.2, -0.15) is 0 Å². The third kappa shape index (κ3) is 5.88. The number of hydrogen-bond donors (Lipinski definition) is 9. The minimum absolute atomic E-state index is 0.00332. The third-order valence-corrected chi connectivity index (χ3v) is 13.7. The molecule has 51 heavy (non-hydrogen) atoms. The SMILES string of the molecule is C[C@@]12[C@@H](c3ccc(=O)oc3)CC[C@]1(O)[C@@H]1CCC3=C[C@@H](O[C@H]4O[C@H](CO)[C@@H](O[C@@H]5O[C@H](CO)[C@@H](O)[C@H](O)[C@H]5O)[C@@H](O)[C@H]4O)CC[C@]3(C)[C@H]1C[C@@H]2O. The highest BCUT2D eigenvalue weighted by atomic mass is 16.7. The molecule has 286 valence electrons. The van der Waals surface area contributed by atoms with E-state index in [0.29, 0.717) is 44.9 Å². The van der Waals surface area contributed by atoms with Gasteiger partial charge in [0, 0.05) is 11.5 Å². The molecule has 9 N–H and O–H groups in total. The van der Waals surface area contributed by atoms with E-state index in [4.69, 9.17) is 23.4 Å². The number of rotatable bonds is 7. The van der Waals surface area contributed by atoms with Crippen LogP contribution in [0, 0.1) is 22.7 Å². The Kier molecular flexibility index (Phi) is 10.1. The molecular formula is C36H52O15. The molecule has 0 unspecified atom stereocenters. The summed E-state index contributed by atoms with van der Waals surface area (Å²) in [6.45, 7) is 2.80. The summed E-state index contributed by atoms with van der Waals surface area (Å²) in [6.07, 6.45) is -8.88. The topological polar surface area (TPSA) is 249 Å². The van der Waals surface area contributed by atoms with Gasteiger partial charge in [-0.15, -0.1) is 0 Å². The molecule has 0 spiro atoms. The number of aliphatic hydroxyl groups is 9. The maximum Gasteiger partial charge on any atom is 0.335 e. The predicted octanol–water partition coefficient (Wildman–Crippen LogP) is -1.22. The van der Waals surface area contributed by atoms with Crippen LogP contribution in [0.3, 0.4) is 0 Å². The number of allylic oxidation sites excluding steroid dienone is 1. The summed E-state index contributed by atoms with van der Waals surface area (Å²) in [4.78, 5) is 11.6. The van der Waals surface area contributed by atoms with Gasteiger partial charge in [0.1, 0.15) is 48.8 Å². The van der Waals surface area contributed by atoms with Crippen LogP contribution in [0.25, 0.3) is 0 Å². The first-order chi connectivity index (χ1) is 24.2. The first-order valence-corrected chi connectivity index (χ1v) is 18.1. The van der Waals surface area contributed by atoms with Gasteiger partial charge in [0.05, 0.1) is 37.3 Å². The molecule has 0 radical (unpaired) electrons. The monoisotopic (exact) mass is 724 g/mol. The summed E-state index contributed by atoms with van der Waals surface area (Å²) in [5.74, 6) is -0.230. The van der Waals surface area contributed by atoms with E-state index in [1.165, 1.54) is 12.3 Å². The molecule has 5 fully saturated rings. The Morgan fingerprint density at radius 1 is 0.804 bits per heavy atom. The van der Waals surface area contributed by atoms with Gasteiger partial charge in [0.15, 0.2) is 12.6 Å². The molecule has 18 atom stereocenters. The molecular weight excluding hydrogens is 672 g/mol. The molecule has 4 aliphatic carbocycles. The zero-order chi connectivity index (χ0) is 36.6. The zero-order valence-corrected chi connectivity index (χ0v) is 28.8. The minimum atomic E-state index is -1.76. The molecule has 2 aliphatic heterocycles. The van der Waals surface area contributed by atoms with Gasteiger partial charge in [-0.25, -0.2) is 4.79 Å². The van der Waals surface area contributed by atoms with Crippen LogP contribution >= 0.6 is 0 Å². The maximum absolute atomic E-state index is 12.5. The second-order valence-electron chi connectivity index (χ2n) is 16.0. The van der Waals surface area contributed by atoms with Gasteiger partial charge in [-0.3, -0.25) is 0 Å². The van der Waals surface area contributed by atoms with Crippen LogP contribution in [0.15, 0.2) is 39.3 Å². The summed E-state index contributed by atoms with van der Waals surface area (Å²) in [7, 11) is 0. The van der Waals surface area contributed by atoms with Crippen molar-refractivity contribution < 1.29 is 69.3 Å². The molecule has 15 heteroatoms. The van der Waals surface area contributed by atoms with Gasteiger partial charge in [-0.05, 0) is 79.7 Å². The van der Waals surface area contributed by atoms with Crippen LogP contribution in [-0.2, 0) is 18.9 Å². The molecule has 3 heterocycles. The van der Waals surface area contributed by atoms with Crippen molar-refractivity contribution >= 4 is 0 Å². The van der Waals surface area contributed by atoms with Crippen LogP contribution in [-0.4, -0.2) is 138 Å². The lowest BCUT2D eigenvalue weighted by atomic mass is 9.44. The van der Waals surface area contributed by atoms with Crippen LogP contribution in [0.1, 0.15) is 70.3 Å². The van der Waals surface area contributed by atoms with Gasteiger partial charge in [0.2, 0.25) is 0 Å². The molecule has 2 saturated heterocycles. The fourth-order valence-electron chi connectivity index (χ4n) is 10.7.